The van der Waals surface area contributed by atoms with Crippen LogP contribution in [0.1, 0.15) is 21.5 Å². The van der Waals surface area contributed by atoms with E-state index in [-0.39, 0.29) is 10.7 Å². The largest absolute Gasteiger partial charge is 0.332 e. The summed E-state index contributed by atoms with van der Waals surface area (Å²) >= 11 is 5.08. The van der Waals surface area contributed by atoms with Crippen molar-refractivity contribution in [1.29, 1.82) is 0 Å². The van der Waals surface area contributed by atoms with Crippen LogP contribution in [0.5, 0.6) is 0 Å². The van der Waals surface area contributed by atoms with Gasteiger partial charge in [0, 0.05) is 11.3 Å². The average Bonchev–Trinajstić information content (AvgIpc) is 2.43. The van der Waals surface area contributed by atoms with Crippen LogP contribution < -0.4 is 10.6 Å². The van der Waals surface area contributed by atoms with Crippen LogP contribution in [0.4, 0.5) is 10.1 Å². The third-order valence-corrected chi connectivity index (χ3v) is 3.28. The van der Waals surface area contributed by atoms with Gasteiger partial charge in [-0.2, -0.15) is 0 Å². The highest BCUT2D eigenvalue weighted by atomic mass is 32.1. The second-order valence-corrected chi connectivity index (χ2v) is 5.13. The fraction of sp³-hybridized carbons (Fsp3) is 0.125. The number of thiocarbonyl (C=S) groups is 1. The molecule has 0 saturated carbocycles. The molecule has 0 aliphatic rings. The third kappa shape index (κ3) is 4.10. The van der Waals surface area contributed by atoms with E-state index in [9.17, 15) is 9.18 Å². The summed E-state index contributed by atoms with van der Waals surface area (Å²) in [6.07, 6.45) is 0. The Hall–Kier alpha value is -2.27. The van der Waals surface area contributed by atoms with Gasteiger partial charge in [0.2, 0.25) is 0 Å². The van der Waals surface area contributed by atoms with Gasteiger partial charge in [-0.15, -0.1) is 0 Å². The van der Waals surface area contributed by atoms with Gasteiger partial charge in [0.25, 0.3) is 5.91 Å². The fourth-order valence-electron chi connectivity index (χ4n) is 1.79. The number of carbonyl (C=O) groups excluding carboxylic acids is 1. The maximum Gasteiger partial charge on any atom is 0.257 e. The van der Waals surface area contributed by atoms with Gasteiger partial charge in [-0.3, -0.25) is 10.1 Å². The summed E-state index contributed by atoms with van der Waals surface area (Å²) in [5.74, 6) is -0.911. The number of amides is 1. The summed E-state index contributed by atoms with van der Waals surface area (Å²) in [6.45, 7) is 4.01. The first-order valence-corrected chi connectivity index (χ1v) is 6.81. The monoisotopic (exact) mass is 302 g/mol. The zero-order chi connectivity index (χ0) is 15.4. The molecular formula is C16H15FN2OS. The van der Waals surface area contributed by atoms with Crippen molar-refractivity contribution < 1.29 is 9.18 Å². The van der Waals surface area contributed by atoms with Crippen LogP contribution >= 0.6 is 12.2 Å². The number of benzene rings is 2. The van der Waals surface area contributed by atoms with Crippen LogP contribution in [-0.2, 0) is 0 Å². The quantitative estimate of drug-likeness (QED) is 0.833. The first-order valence-electron chi connectivity index (χ1n) is 6.41. The highest BCUT2D eigenvalue weighted by Crippen LogP contribution is 2.14. The summed E-state index contributed by atoms with van der Waals surface area (Å²) in [5, 5.41) is 5.63. The minimum absolute atomic E-state index is 0.174. The number of halogens is 1. The molecule has 0 aliphatic heterocycles. The number of carbonyl (C=O) groups is 1. The van der Waals surface area contributed by atoms with E-state index in [0.29, 0.717) is 0 Å². The summed E-state index contributed by atoms with van der Waals surface area (Å²) in [5.41, 5.74) is 3.32. The van der Waals surface area contributed by atoms with Crippen LogP contribution in [0.3, 0.4) is 0 Å². The molecule has 21 heavy (non-hydrogen) atoms. The number of rotatable bonds is 2. The lowest BCUT2D eigenvalue weighted by molar-refractivity contribution is 0.0977. The van der Waals surface area contributed by atoms with Crippen molar-refractivity contribution >= 4 is 28.9 Å². The number of hydrogen-bond donors (Lipinski definition) is 2. The van der Waals surface area contributed by atoms with E-state index in [1.54, 1.807) is 0 Å². The maximum absolute atomic E-state index is 13.1. The molecule has 5 heteroatoms. The molecule has 0 fully saturated rings. The van der Waals surface area contributed by atoms with Gasteiger partial charge in [0.1, 0.15) is 5.82 Å². The highest BCUT2D eigenvalue weighted by molar-refractivity contribution is 7.80. The van der Waals surface area contributed by atoms with Crippen LogP contribution in [0.15, 0.2) is 42.5 Å². The van der Waals surface area contributed by atoms with Crippen molar-refractivity contribution in [1.82, 2.24) is 5.32 Å². The maximum atomic E-state index is 13.1. The van der Waals surface area contributed by atoms with Gasteiger partial charge in [-0.25, -0.2) is 4.39 Å². The molecule has 0 unspecified atom stereocenters. The zero-order valence-electron chi connectivity index (χ0n) is 11.7. The van der Waals surface area contributed by atoms with Crippen molar-refractivity contribution in [2.45, 2.75) is 13.8 Å². The standard InChI is InChI=1S/C16H15FN2OS/c1-10-6-7-14(8-11(10)2)18-16(21)19-15(20)12-4-3-5-13(17)9-12/h3-9H,1-2H3,(H2,18,19,20,21). The third-order valence-electron chi connectivity index (χ3n) is 3.08. The smallest absolute Gasteiger partial charge is 0.257 e. The van der Waals surface area contributed by atoms with Gasteiger partial charge >= 0.3 is 0 Å². The molecule has 0 bridgehead atoms. The molecule has 0 heterocycles. The Balaban J connectivity index is 2.01. The van der Waals surface area contributed by atoms with Gasteiger partial charge in [-0.1, -0.05) is 12.1 Å². The summed E-state index contributed by atoms with van der Waals surface area (Å²) < 4.78 is 13.1. The normalized spacial score (nSPS) is 10.0. The van der Waals surface area contributed by atoms with E-state index in [1.807, 2.05) is 32.0 Å². The SMILES string of the molecule is Cc1ccc(NC(=S)NC(=O)c2cccc(F)c2)cc1C. The first-order chi connectivity index (χ1) is 9.95. The molecule has 0 aliphatic carbocycles. The predicted octanol–water partition coefficient (Wildman–Crippen LogP) is 3.57. The lowest BCUT2D eigenvalue weighted by atomic mass is 10.1. The number of hydrogen-bond acceptors (Lipinski definition) is 2. The van der Waals surface area contributed by atoms with Crippen LogP contribution in [0, 0.1) is 19.7 Å². The second-order valence-electron chi connectivity index (χ2n) is 4.72. The molecule has 0 aromatic heterocycles. The number of aryl methyl sites for hydroxylation is 2. The minimum atomic E-state index is -0.462. The average molecular weight is 302 g/mol. The molecule has 0 radical (unpaired) electrons. The Labute approximate surface area is 128 Å². The second kappa shape index (κ2) is 6.45. The summed E-state index contributed by atoms with van der Waals surface area (Å²) in [4.78, 5) is 11.9. The van der Waals surface area contributed by atoms with E-state index in [0.717, 1.165) is 17.3 Å². The van der Waals surface area contributed by atoms with Crippen LogP contribution in [-0.4, -0.2) is 11.0 Å². The number of nitrogens with one attached hydrogen (secondary N) is 2. The molecule has 0 spiro atoms. The summed E-state index contributed by atoms with van der Waals surface area (Å²) in [7, 11) is 0. The van der Waals surface area contributed by atoms with Crippen LogP contribution in [0.2, 0.25) is 0 Å². The first kappa shape index (κ1) is 15.1. The lowest BCUT2D eigenvalue weighted by Gasteiger charge is -2.11. The van der Waals surface area contributed by atoms with Gasteiger partial charge in [-0.05, 0) is 67.5 Å². The van der Waals surface area contributed by atoms with Crippen molar-refractivity contribution in [3.8, 4) is 0 Å². The van der Waals surface area contributed by atoms with E-state index in [4.69, 9.17) is 12.2 Å². The van der Waals surface area contributed by atoms with Crippen LogP contribution in [0.25, 0.3) is 0 Å². The molecule has 2 aromatic rings. The molecule has 108 valence electrons. The molecule has 3 nitrogen and oxygen atoms in total. The van der Waals surface area contributed by atoms with Crippen molar-refractivity contribution in [2.24, 2.45) is 0 Å². The fourth-order valence-corrected chi connectivity index (χ4v) is 2.00. The zero-order valence-corrected chi connectivity index (χ0v) is 12.6. The van der Waals surface area contributed by atoms with Crippen molar-refractivity contribution in [2.75, 3.05) is 5.32 Å². The number of anilines is 1. The molecule has 2 N–H and O–H groups in total. The van der Waals surface area contributed by atoms with E-state index in [2.05, 4.69) is 10.6 Å². The predicted molar refractivity (Wildman–Crippen MR) is 86.0 cm³/mol. The Kier molecular flexibility index (Phi) is 4.65. The van der Waals surface area contributed by atoms with E-state index < -0.39 is 11.7 Å². The molecule has 2 rings (SSSR count). The Morgan fingerprint density at radius 2 is 1.86 bits per heavy atom. The van der Waals surface area contributed by atoms with E-state index >= 15 is 0 Å². The molecule has 2 aromatic carbocycles. The molecule has 0 saturated heterocycles. The van der Waals surface area contributed by atoms with Gasteiger partial charge < -0.3 is 5.32 Å². The lowest BCUT2D eigenvalue weighted by Crippen LogP contribution is -2.34. The summed E-state index contributed by atoms with van der Waals surface area (Å²) in [6, 6.07) is 11.2. The van der Waals surface area contributed by atoms with Gasteiger partial charge in [0.05, 0.1) is 0 Å². The van der Waals surface area contributed by atoms with Crippen molar-refractivity contribution in [3.05, 3.63) is 65.0 Å². The Bertz CT molecular complexity index is 700. The molecule has 0 atom stereocenters. The Morgan fingerprint density at radius 3 is 2.52 bits per heavy atom. The van der Waals surface area contributed by atoms with Gasteiger partial charge in [0.15, 0.2) is 5.11 Å². The highest BCUT2D eigenvalue weighted by Gasteiger charge is 2.08. The minimum Gasteiger partial charge on any atom is -0.332 e. The Morgan fingerprint density at radius 1 is 1.10 bits per heavy atom. The van der Waals surface area contributed by atoms with Crippen molar-refractivity contribution in [3.63, 3.8) is 0 Å². The topological polar surface area (TPSA) is 41.1 Å². The molecule has 1 amide bonds. The van der Waals surface area contributed by atoms with E-state index in [1.165, 1.54) is 23.8 Å². The molecular weight excluding hydrogens is 287 g/mol.